The van der Waals surface area contributed by atoms with Gasteiger partial charge in [0.15, 0.2) is 0 Å². The van der Waals surface area contributed by atoms with Crippen LogP contribution in [0.1, 0.15) is 72.1 Å². The van der Waals surface area contributed by atoms with Crippen molar-refractivity contribution in [2.45, 2.75) is 72.1 Å². The molecule has 0 heterocycles. The minimum absolute atomic E-state index is 0.0317. The van der Waals surface area contributed by atoms with Crippen molar-refractivity contribution in [1.29, 1.82) is 0 Å². The van der Waals surface area contributed by atoms with E-state index in [9.17, 15) is 14.3 Å². The Kier molecular flexibility index (Phi) is 112. The summed E-state index contributed by atoms with van der Waals surface area (Å²) in [5.41, 5.74) is 10.5. The summed E-state index contributed by atoms with van der Waals surface area (Å²) in [6.07, 6.45) is 6.80. The third kappa shape index (κ3) is 58.8. The molecule has 44 unspecified atom stereocenters. The Morgan fingerprint density at radius 1 is 0.356 bits per heavy atom. The van der Waals surface area contributed by atoms with Gasteiger partial charge in [-0.2, -0.15) is 0 Å². The number of nitrogens with two attached hydrogens (primary N) is 2. The second kappa shape index (κ2) is 82.6. The number of hydrogen-bond acceptors (Lipinski definition) is 11. The molecule has 5 N–H and O–H groups in total. The van der Waals surface area contributed by atoms with Crippen LogP contribution in [0.15, 0.2) is 0 Å². The molecule has 0 saturated heterocycles. The first-order valence-corrected chi connectivity index (χ1v) is 161. The number of amides is 1. The van der Waals surface area contributed by atoms with E-state index in [1.54, 1.807) is 0 Å². The van der Waals surface area contributed by atoms with Gasteiger partial charge in [-0.1, -0.05) is 47.5 Å². The maximum absolute atomic E-state index is 16.6. The lowest BCUT2D eigenvalue weighted by Gasteiger charge is -2.60. The van der Waals surface area contributed by atoms with Crippen molar-refractivity contribution in [2.24, 2.45) is 11.5 Å². The molecule has 104 heavy (non-hydrogen) atoms. The molecule has 0 spiro atoms. The van der Waals surface area contributed by atoms with E-state index in [0.717, 1.165) is 53.6 Å². The maximum atomic E-state index is 16.6. The number of carbonyl (C=O) groups is 1. The van der Waals surface area contributed by atoms with Gasteiger partial charge in [0, 0.05) is 62.5 Å². The predicted octanol–water partition coefficient (Wildman–Crippen LogP) is 44.4. The molecule has 0 rings (SSSR count). The zero-order valence-electron chi connectivity index (χ0n) is 57.1. The van der Waals surface area contributed by atoms with Crippen LogP contribution >= 0.6 is 590 Å². The lowest BCUT2D eigenvalue weighted by Crippen LogP contribution is -2.20. The second-order valence-corrected chi connectivity index (χ2v) is 316. The van der Waals surface area contributed by atoms with Crippen molar-refractivity contribution in [1.82, 2.24) is 5.32 Å². The first-order chi connectivity index (χ1) is 48.0. The number of rotatable bonds is 53. The van der Waals surface area contributed by atoms with Crippen molar-refractivity contribution >= 4 is 596 Å². The van der Waals surface area contributed by atoms with Crippen LogP contribution in [0.2, 0.25) is 0 Å². The zero-order valence-corrected chi connectivity index (χ0v) is 133. The van der Waals surface area contributed by atoms with Gasteiger partial charge < -0.3 is 40.1 Å². The number of carbonyl (C=O) groups excluding carboxylic acids is 1. The smallest absolute Gasteiger partial charge is 0.271 e. The van der Waals surface area contributed by atoms with E-state index in [4.69, 9.17) is 14.6 Å². The molecule has 0 fully saturated rings. The van der Waals surface area contributed by atoms with Crippen LogP contribution in [-0.2, 0) is 31.8 Å². The van der Waals surface area contributed by atoms with E-state index >= 15 is 9.46 Å². The first-order valence-electron chi connectivity index (χ1n) is 27.3. The Hall–Kier alpha value is 30.6. The molecule has 0 aromatic heterocycles. The Morgan fingerprint density at radius 3 is 0.779 bits per heavy atom. The zero-order chi connectivity index (χ0) is 82.5. The standard InChI is InChI=1S/C9H20NO5P.C6H88NO4P73.C2H6.CH5N/c1-9(11)10-7-5-3-4-6-8-15-16(12,13)14-2;7-5-3-1-2-4-6-10-84(8,9)11-49(68(79(70(50(13)14)51(15)16)71(52(17)18)53(19)20)80(72(54(21)22)55(23)24)73(56(25)26)57(27)28)69(81(74(58(29)30)59(31)32)75(60(33)34)61(35)36)82(78(66(45)46)67(47)48-12)83(76(62(37)38)63(39)40)77(64(41)42)65(43)44;2*1-2/h3-8H2,1-2H3,(H,10,11)(H,12,13);48H,1-7,12-47H2,(H,8,9);1-2H3;2H2,1H3/p-2. The van der Waals surface area contributed by atoms with Crippen molar-refractivity contribution in [2.75, 3.05) is 40.5 Å². The number of unbranched alkanes of at least 4 members (excludes halogenated alkanes) is 6. The van der Waals surface area contributed by atoms with Gasteiger partial charge in [0.05, 0.1) is 13.2 Å². The van der Waals surface area contributed by atoms with Gasteiger partial charge in [-0.3, -0.25) is 18.2 Å². The molecule has 0 saturated carbocycles. The molecule has 630 valence electrons. The fourth-order valence-electron chi connectivity index (χ4n) is 6.36. The van der Waals surface area contributed by atoms with E-state index in [2.05, 4.69) is 342 Å². The number of nitrogens with one attached hydrogen (secondary N) is 1. The Balaban J connectivity index is -0.00000217. The molecule has 0 bridgehead atoms. The number of phosphoric acid groups is 2. The SMILES string of the molecule is CC.CN.COP(=O)([O-])OCCCCCCNC(C)=O.NCCCCCCOP(=O)([O-])OP(P(P(P(P(P)P)P(P)P)P(P(P)P)P(P)P)P(P(P(P)P)P(P)P)P(P(P)P)P(P)P)P(P(P(P(P)P)P(P)P)P(P(P)P)P(P)P)P(P(P(P)P)P(P)PP)P(P(P(P)P)P(P)P)P(P(P)P)P(P)P. The minimum atomic E-state index is -4.96. The molecule has 0 aromatic rings. The van der Waals surface area contributed by atoms with E-state index in [-0.39, 0.29) is 19.1 Å². The van der Waals surface area contributed by atoms with Gasteiger partial charge in [-0.15, -0.1) is 321 Å². The molecule has 0 aliphatic heterocycles. The van der Waals surface area contributed by atoms with Crippen molar-refractivity contribution in [3.05, 3.63) is 0 Å². The Morgan fingerprint density at radius 2 is 0.567 bits per heavy atom. The molecule has 0 radical (unpaired) electrons. The predicted molar refractivity (Wildman–Crippen MR) is 721 cm³/mol. The van der Waals surface area contributed by atoms with Crippen LogP contribution in [-0.4, -0.2) is 46.4 Å². The molecule has 12 nitrogen and oxygen atoms in total. The van der Waals surface area contributed by atoms with Crippen LogP contribution in [0.5, 0.6) is 0 Å². The summed E-state index contributed by atoms with van der Waals surface area (Å²) in [5, 5.41) is 2.69. The third-order valence-electron chi connectivity index (χ3n) is 9.82. The van der Waals surface area contributed by atoms with Crippen LogP contribution in [0, 0.1) is 0 Å². The van der Waals surface area contributed by atoms with Gasteiger partial charge in [0.25, 0.3) is 15.6 Å². The first kappa shape index (κ1) is 141. The quantitative estimate of drug-likeness (QED) is 0.0387. The van der Waals surface area contributed by atoms with Crippen LogP contribution in [0.4, 0.5) is 0 Å². The molecule has 86 heteroatoms. The summed E-state index contributed by atoms with van der Waals surface area (Å²) < 4.78 is 51.1. The lowest BCUT2D eigenvalue weighted by molar-refractivity contribution is -0.223. The van der Waals surface area contributed by atoms with Gasteiger partial charge in [0.2, 0.25) is 5.91 Å². The van der Waals surface area contributed by atoms with Gasteiger partial charge in [-0.25, -0.2) is 0 Å². The molecule has 1 amide bonds. The Labute approximate surface area is 756 Å². The van der Waals surface area contributed by atoms with Crippen LogP contribution < -0.4 is 26.6 Å². The molecular weight excluding hydrogens is 2690 g/mol. The number of hydrogen-bond donors (Lipinski definition) is 3. The van der Waals surface area contributed by atoms with Gasteiger partial charge >= 0.3 is 0 Å². The monoisotopic (exact) mass is 2810 g/mol. The molecule has 0 aliphatic rings. The number of phosphoric ester groups is 2. The molecule has 0 aliphatic carbocycles. The highest BCUT2D eigenvalue weighted by molar-refractivity contribution is 9.53. The normalized spacial score (nSPS) is 15.9. The van der Waals surface area contributed by atoms with E-state index in [1.165, 1.54) is 14.0 Å². The van der Waals surface area contributed by atoms with E-state index < -0.39 is 261 Å². The summed E-state index contributed by atoms with van der Waals surface area (Å²) in [4.78, 5) is 37.9. The van der Waals surface area contributed by atoms with Crippen LogP contribution in [0.25, 0.3) is 0 Å². The largest absolute Gasteiger partial charge is 0.756 e. The summed E-state index contributed by atoms with van der Waals surface area (Å²) >= 11 is 0. The van der Waals surface area contributed by atoms with Gasteiger partial charge in [-0.05, 0) is 235 Å². The average molecular weight is 2810 g/mol. The summed E-state index contributed by atoms with van der Waals surface area (Å²) in [6, 6.07) is 0. The van der Waals surface area contributed by atoms with Crippen molar-refractivity contribution in [3.8, 4) is 0 Å². The summed E-state index contributed by atoms with van der Waals surface area (Å²) in [5.74, 6) is -0.0317. The fraction of sp³-hybridized carbons (Fsp3) is 0.944. The van der Waals surface area contributed by atoms with Gasteiger partial charge in [0.1, 0.15) is 7.53 Å². The second-order valence-electron chi connectivity index (χ2n) is 17.4. The Bertz CT molecular complexity index is 2040. The van der Waals surface area contributed by atoms with E-state index in [0.29, 0.717) is 25.9 Å². The molecule has 0 aromatic carbocycles. The third-order valence-corrected chi connectivity index (χ3v) is 517. The highest BCUT2D eigenvalue weighted by Gasteiger charge is 2.64. The molecular formula is C18H117N3O9P74-2. The van der Waals surface area contributed by atoms with Crippen molar-refractivity contribution < 1.29 is 41.6 Å². The van der Waals surface area contributed by atoms with E-state index in [1.807, 2.05) is 13.8 Å². The highest BCUT2D eigenvalue weighted by Crippen LogP contribution is 3.49. The average Bonchev–Trinajstić information content (AvgIpc) is 0.724. The summed E-state index contributed by atoms with van der Waals surface area (Å²) in [7, 11) is 119. The fourth-order valence-corrected chi connectivity index (χ4v) is 1040. The lowest BCUT2D eigenvalue weighted by atomic mass is 10.2. The maximum Gasteiger partial charge on any atom is 0.271 e. The highest BCUT2D eigenvalue weighted by atomic mass is 33.6. The summed E-state index contributed by atoms with van der Waals surface area (Å²) in [6.45, 7) is -14.1. The molecule has 44 atom stereocenters. The minimum Gasteiger partial charge on any atom is -0.756 e. The van der Waals surface area contributed by atoms with Crippen LogP contribution in [0.3, 0.4) is 0 Å². The van der Waals surface area contributed by atoms with Crippen molar-refractivity contribution in [3.63, 3.8) is 0 Å². The topological polar surface area (TPSA) is 198 Å².